The van der Waals surface area contributed by atoms with E-state index in [1.54, 1.807) is 27.7 Å². The first-order valence-corrected chi connectivity index (χ1v) is 8.47. The highest BCUT2D eigenvalue weighted by Crippen LogP contribution is 2.36. The largest absolute Gasteiger partial charge is 0.779 e. The van der Waals surface area contributed by atoms with Crippen LogP contribution in [0, 0.1) is 11.8 Å². The minimum atomic E-state index is -3.97. The first-order valence-electron chi connectivity index (χ1n) is 4.91. The second-order valence-electron chi connectivity index (χ2n) is 4.45. The van der Waals surface area contributed by atoms with E-state index >= 15 is 0 Å². The first kappa shape index (κ1) is 18.7. The third-order valence-electron chi connectivity index (χ3n) is 1.20. The smallest absolute Gasteiger partial charge is 0.325 e. The SMILES string of the molecule is CC(C)CP(=O)(O)O.CC(C)CP(=O)([O-])O. The molecule has 8 heteroatoms. The van der Waals surface area contributed by atoms with E-state index in [-0.39, 0.29) is 24.2 Å². The minimum absolute atomic E-state index is 0.00694. The van der Waals surface area contributed by atoms with Crippen LogP contribution in [0.5, 0.6) is 0 Å². The van der Waals surface area contributed by atoms with Crippen molar-refractivity contribution in [2.45, 2.75) is 27.7 Å². The lowest BCUT2D eigenvalue weighted by Gasteiger charge is -2.16. The van der Waals surface area contributed by atoms with Crippen LogP contribution in [0.15, 0.2) is 0 Å². The summed E-state index contributed by atoms with van der Waals surface area (Å²) < 4.78 is 20.2. The van der Waals surface area contributed by atoms with Crippen LogP contribution in [-0.2, 0) is 9.13 Å². The number of hydrogen-bond donors (Lipinski definition) is 3. The summed E-state index contributed by atoms with van der Waals surface area (Å²) in [4.78, 5) is 34.8. The fourth-order valence-corrected chi connectivity index (χ4v) is 2.81. The Bertz CT molecular complexity index is 236. The summed E-state index contributed by atoms with van der Waals surface area (Å²) in [6, 6.07) is 0. The third-order valence-corrected chi connectivity index (χ3v) is 3.60. The molecule has 0 radical (unpaired) electrons. The normalized spacial score (nSPS) is 15.6. The number of rotatable bonds is 4. The Morgan fingerprint density at radius 1 is 0.938 bits per heavy atom. The Kier molecular flexibility index (Phi) is 8.85. The van der Waals surface area contributed by atoms with Crippen molar-refractivity contribution < 1.29 is 28.7 Å². The van der Waals surface area contributed by atoms with Crippen molar-refractivity contribution in [3.8, 4) is 0 Å². The molecule has 0 amide bonds. The van der Waals surface area contributed by atoms with E-state index in [1.807, 2.05) is 0 Å². The van der Waals surface area contributed by atoms with Gasteiger partial charge in [-0.1, -0.05) is 27.7 Å². The van der Waals surface area contributed by atoms with E-state index in [1.165, 1.54) is 0 Å². The van der Waals surface area contributed by atoms with Crippen molar-refractivity contribution in [3.63, 3.8) is 0 Å². The maximum absolute atomic E-state index is 10.1. The third kappa shape index (κ3) is 23.8. The molecular weight excluding hydrogens is 254 g/mol. The van der Waals surface area contributed by atoms with Gasteiger partial charge in [-0.3, -0.25) is 4.57 Å². The molecule has 0 bridgehead atoms. The highest BCUT2D eigenvalue weighted by atomic mass is 31.2. The van der Waals surface area contributed by atoms with Gasteiger partial charge in [0.05, 0.1) is 6.16 Å². The summed E-state index contributed by atoms with van der Waals surface area (Å²) in [6.07, 6.45) is -0.125. The Balaban J connectivity index is 0. The van der Waals surface area contributed by atoms with Gasteiger partial charge >= 0.3 is 7.60 Å². The molecule has 0 rings (SSSR count). The van der Waals surface area contributed by atoms with Gasteiger partial charge in [0.15, 0.2) is 0 Å². The van der Waals surface area contributed by atoms with Crippen LogP contribution in [-0.4, -0.2) is 27.0 Å². The van der Waals surface area contributed by atoms with Crippen molar-refractivity contribution >= 4 is 15.2 Å². The average Bonchev–Trinajstić information content (AvgIpc) is 1.72. The van der Waals surface area contributed by atoms with Gasteiger partial charge in [-0.25, -0.2) is 0 Å². The molecule has 0 aliphatic heterocycles. The molecule has 0 aromatic heterocycles. The molecule has 100 valence electrons. The van der Waals surface area contributed by atoms with Gasteiger partial charge in [0.1, 0.15) is 7.60 Å². The molecule has 16 heavy (non-hydrogen) atoms. The second-order valence-corrected chi connectivity index (χ2v) is 7.79. The van der Waals surface area contributed by atoms with Crippen LogP contribution in [0.1, 0.15) is 27.7 Å². The monoisotopic (exact) mass is 275 g/mol. The van der Waals surface area contributed by atoms with Crippen LogP contribution < -0.4 is 4.89 Å². The quantitative estimate of drug-likeness (QED) is 0.659. The maximum Gasteiger partial charge on any atom is 0.325 e. The van der Waals surface area contributed by atoms with E-state index in [0.29, 0.717) is 0 Å². The lowest BCUT2D eigenvalue weighted by Crippen LogP contribution is -2.07. The predicted octanol–water partition coefficient (Wildman–Crippen LogP) is 1.01. The maximum atomic E-state index is 10.1. The van der Waals surface area contributed by atoms with Crippen molar-refractivity contribution in [1.29, 1.82) is 0 Å². The minimum Gasteiger partial charge on any atom is -0.779 e. The number of hydrogen-bond acceptors (Lipinski definition) is 3. The van der Waals surface area contributed by atoms with Crippen LogP contribution in [0.25, 0.3) is 0 Å². The topological polar surface area (TPSA) is 118 Å². The lowest BCUT2D eigenvalue weighted by atomic mass is 10.3. The fraction of sp³-hybridized carbons (Fsp3) is 1.00. The van der Waals surface area contributed by atoms with Crippen LogP contribution in [0.4, 0.5) is 0 Å². The molecule has 0 aromatic rings. The molecule has 0 spiro atoms. The fourth-order valence-electron chi connectivity index (χ4n) is 0.937. The summed E-state index contributed by atoms with van der Waals surface area (Å²) in [5.41, 5.74) is 0. The summed E-state index contributed by atoms with van der Waals surface area (Å²) in [6.45, 7) is 7.03. The second kappa shape index (κ2) is 7.59. The summed E-state index contributed by atoms with van der Waals surface area (Å²) in [5, 5.41) is 0. The molecule has 0 saturated heterocycles. The Labute approximate surface area is 96.4 Å². The van der Waals surface area contributed by atoms with Crippen LogP contribution in [0.2, 0.25) is 0 Å². The molecule has 1 atom stereocenters. The zero-order valence-electron chi connectivity index (χ0n) is 10.0. The molecule has 0 fully saturated rings. The van der Waals surface area contributed by atoms with E-state index in [2.05, 4.69) is 0 Å². The van der Waals surface area contributed by atoms with E-state index in [4.69, 9.17) is 14.7 Å². The van der Waals surface area contributed by atoms with Crippen molar-refractivity contribution in [2.24, 2.45) is 11.8 Å². The van der Waals surface area contributed by atoms with Gasteiger partial charge in [-0.15, -0.1) is 0 Å². The zero-order valence-corrected chi connectivity index (χ0v) is 11.8. The first-order chi connectivity index (χ1) is 6.83. The van der Waals surface area contributed by atoms with E-state index < -0.39 is 15.2 Å². The Morgan fingerprint density at radius 3 is 1.25 bits per heavy atom. The van der Waals surface area contributed by atoms with Crippen LogP contribution in [0.3, 0.4) is 0 Å². The molecule has 1 unspecified atom stereocenters. The van der Waals surface area contributed by atoms with Crippen molar-refractivity contribution in [2.75, 3.05) is 12.3 Å². The van der Waals surface area contributed by atoms with Gasteiger partial charge in [0.25, 0.3) is 0 Å². The summed E-state index contributed by atoms with van der Waals surface area (Å²) in [7, 11) is -7.69. The Hall–Kier alpha value is 0.300. The van der Waals surface area contributed by atoms with Gasteiger partial charge in [-0.05, 0) is 11.8 Å². The van der Waals surface area contributed by atoms with E-state index in [0.717, 1.165) is 0 Å². The molecule has 0 aromatic carbocycles. The van der Waals surface area contributed by atoms with Crippen molar-refractivity contribution in [3.05, 3.63) is 0 Å². The average molecular weight is 275 g/mol. The van der Waals surface area contributed by atoms with E-state index in [9.17, 15) is 14.0 Å². The standard InChI is InChI=1S/2C4H11O3P/c2*1-4(2)3-8(5,6)7/h2*4H,3H2,1-2H3,(H2,5,6,7)/p-1. The zero-order chi connectivity index (χ0) is 13.6. The molecule has 3 N–H and O–H groups in total. The Morgan fingerprint density at radius 2 is 1.25 bits per heavy atom. The van der Waals surface area contributed by atoms with Gasteiger partial charge < -0.3 is 24.1 Å². The van der Waals surface area contributed by atoms with Gasteiger partial charge in [-0.2, -0.15) is 0 Å². The summed E-state index contributed by atoms with van der Waals surface area (Å²) in [5.74, 6) is 0.0965. The molecule has 0 heterocycles. The highest BCUT2D eigenvalue weighted by molar-refractivity contribution is 7.51. The summed E-state index contributed by atoms with van der Waals surface area (Å²) >= 11 is 0. The molecule has 6 nitrogen and oxygen atoms in total. The predicted molar refractivity (Wildman–Crippen MR) is 61.3 cm³/mol. The highest BCUT2D eigenvalue weighted by Gasteiger charge is 2.13. The molecule has 0 aliphatic carbocycles. The van der Waals surface area contributed by atoms with Gasteiger partial charge in [0, 0.05) is 6.16 Å². The lowest BCUT2D eigenvalue weighted by molar-refractivity contribution is -0.193. The van der Waals surface area contributed by atoms with Crippen LogP contribution >= 0.6 is 15.2 Å². The molecule has 0 saturated carbocycles. The molecule has 0 aliphatic rings. The molecular formula is C8H21O6P2-. The van der Waals surface area contributed by atoms with Gasteiger partial charge in [0.2, 0.25) is 0 Å². The van der Waals surface area contributed by atoms with Crippen molar-refractivity contribution in [1.82, 2.24) is 0 Å².